The van der Waals surface area contributed by atoms with E-state index in [0.29, 0.717) is 25.7 Å². The van der Waals surface area contributed by atoms with Gasteiger partial charge in [-0.1, -0.05) is 298 Å². The Kier molecular flexibility index (Phi) is 59.9. The molecule has 0 amide bonds. The van der Waals surface area contributed by atoms with Crippen LogP contribution >= 0.6 is 15.6 Å². The molecular weight excluding hydrogens is 1160 g/mol. The smallest absolute Gasteiger partial charge is 0.462 e. The summed E-state index contributed by atoms with van der Waals surface area (Å²) in [4.78, 5) is 72.3. The standard InChI is InChI=1S/C69H134O17P2/c1-7-10-12-14-16-26-35-41-47-53-68(73)85-64(57-79-66(71)51-45-39-31-15-13-11-8-2)59-83-87(75,76)81-55-63(70)56-82-88(77,78)84-60-65(58-80-67(72)52-46-40-34-29-25-21-22-27-32-37-43-49-61(4)5)86-69(74)54-48-42-36-30-24-20-18-17-19-23-28-33-38-44-50-62(6)9-3/h61-65,70H,7-60H2,1-6H3,(H,75,76)(H,77,78)/t62?,63-,64+,65+/m0/s1. The second kappa shape index (κ2) is 61.3. The highest BCUT2D eigenvalue weighted by atomic mass is 31.2. The monoisotopic (exact) mass is 1300 g/mol. The first kappa shape index (κ1) is 86.1. The average molecular weight is 1300 g/mol. The Hall–Kier alpha value is -1.94. The van der Waals surface area contributed by atoms with Crippen molar-refractivity contribution in [3.8, 4) is 0 Å². The molecular formula is C69H134O17P2. The zero-order valence-corrected chi connectivity index (χ0v) is 58.8. The molecule has 0 fully saturated rings. The number of carbonyl (C=O) groups is 4. The molecule has 0 aliphatic rings. The number of carbonyl (C=O) groups excluding carboxylic acids is 4. The van der Waals surface area contributed by atoms with Crippen LogP contribution in [0.3, 0.4) is 0 Å². The maximum atomic E-state index is 13.0. The van der Waals surface area contributed by atoms with Gasteiger partial charge in [-0.05, 0) is 37.5 Å². The van der Waals surface area contributed by atoms with Crippen molar-refractivity contribution in [1.29, 1.82) is 0 Å². The van der Waals surface area contributed by atoms with Gasteiger partial charge in [-0.15, -0.1) is 0 Å². The van der Waals surface area contributed by atoms with Crippen molar-refractivity contribution in [3.63, 3.8) is 0 Å². The molecule has 522 valence electrons. The molecule has 0 heterocycles. The molecule has 0 aromatic heterocycles. The molecule has 17 nitrogen and oxygen atoms in total. The summed E-state index contributed by atoms with van der Waals surface area (Å²) in [5.41, 5.74) is 0. The van der Waals surface area contributed by atoms with Gasteiger partial charge in [0.25, 0.3) is 0 Å². The lowest BCUT2D eigenvalue weighted by atomic mass is 9.99. The molecule has 0 radical (unpaired) electrons. The van der Waals surface area contributed by atoms with Gasteiger partial charge in [0.1, 0.15) is 19.3 Å². The van der Waals surface area contributed by atoms with Gasteiger partial charge in [-0.2, -0.15) is 0 Å². The van der Waals surface area contributed by atoms with E-state index < -0.39 is 97.5 Å². The minimum atomic E-state index is -4.95. The normalized spacial score (nSPS) is 14.5. The molecule has 0 aromatic carbocycles. The van der Waals surface area contributed by atoms with E-state index >= 15 is 0 Å². The summed E-state index contributed by atoms with van der Waals surface area (Å²) in [6.07, 6.45) is 45.9. The van der Waals surface area contributed by atoms with Crippen LogP contribution < -0.4 is 0 Å². The number of aliphatic hydroxyl groups excluding tert-OH is 1. The zero-order valence-electron chi connectivity index (χ0n) is 57.0. The zero-order chi connectivity index (χ0) is 65.0. The molecule has 0 rings (SSSR count). The summed E-state index contributed by atoms with van der Waals surface area (Å²) in [5.74, 6) is -0.514. The lowest BCUT2D eigenvalue weighted by Crippen LogP contribution is -2.30. The highest BCUT2D eigenvalue weighted by Crippen LogP contribution is 2.45. The first-order chi connectivity index (χ1) is 42.4. The molecule has 19 heteroatoms. The fourth-order valence-electron chi connectivity index (χ4n) is 10.4. The number of unbranched alkanes of at least 4 members (excludes halogenated alkanes) is 37. The van der Waals surface area contributed by atoms with Gasteiger partial charge in [-0.25, -0.2) is 9.13 Å². The van der Waals surface area contributed by atoms with Crippen LogP contribution in [0.15, 0.2) is 0 Å². The number of phosphoric acid groups is 2. The van der Waals surface area contributed by atoms with Crippen molar-refractivity contribution in [3.05, 3.63) is 0 Å². The Bertz CT molecular complexity index is 1720. The van der Waals surface area contributed by atoms with Gasteiger partial charge >= 0.3 is 39.5 Å². The summed E-state index contributed by atoms with van der Waals surface area (Å²) < 4.78 is 68.1. The first-order valence-electron chi connectivity index (χ1n) is 36.0. The molecule has 0 bridgehead atoms. The van der Waals surface area contributed by atoms with E-state index in [1.54, 1.807) is 0 Å². The fraction of sp³-hybridized carbons (Fsp3) is 0.942. The van der Waals surface area contributed by atoms with E-state index in [1.165, 1.54) is 154 Å². The van der Waals surface area contributed by atoms with Crippen LogP contribution in [0.1, 0.15) is 350 Å². The summed E-state index contributed by atoms with van der Waals surface area (Å²) in [6, 6.07) is 0. The van der Waals surface area contributed by atoms with Crippen LogP contribution in [0.25, 0.3) is 0 Å². The van der Waals surface area contributed by atoms with Crippen LogP contribution in [-0.2, 0) is 65.4 Å². The average Bonchev–Trinajstić information content (AvgIpc) is 3.71. The van der Waals surface area contributed by atoms with E-state index in [1.807, 2.05) is 0 Å². The first-order valence-corrected chi connectivity index (χ1v) is 39.0. The van der Waals surface area contributed by atoms with Gasteiger partial charge in [0, 0.05) is 25.7 Å². The second-order valence-corrected chi connectivity index (χ2v) is 28.5. The summed E-state index contributed by atoms with van der Waals surface area (Å²) in [5, 5.41) is 10.6. The highest BCUT2D eigenvalue weighted by Gasteiger charge is 2.30. The topological polar surface area (TPSA) is 237 Å². The van der Waals surface area contributed by atoms with Crippen molar-refractivity contribution in [2.75, 3.05) is 39.6 Å². The predicted octanol–water partition coefficient (Wildman–Crippen LogP) is 19.6. The van der Waals surface area contributed by atoms with E-state index in [-0.39, 0.29) is 25.7 Å². The van der Waals surface area contributed by atoms with Crippen molar-refractivity contribution in [2.24, 2.45) is 11.8 Å². The number of ether oxygens (including phenoxy) is 4. The third-order valence-corrected chi connectivity index (χ3v) is 18.2. The molecule has 0 saturated heterocycles. The van der Waals surface area contributed by atoms with Crippen molar-refractivity contribution < 1.29 is 80.2 Å². The minimum Gasteiger partial charge on any atom is -0.462 e. The Morgan fingerprint density at radius 1 is 0.330 bits per heavy atom. The summed E-state index contributed by atoms with van der Waals surface area (Å²) in [7, 11) is -9.89. The Morgan fingerprint density at radius 3 is 0.864 bits per heavy atom. The van der Waals surface area contributed by atoms with Crippen molar-refractivity contribution in [2.45, 2.75) is 368 Å². The molecule has 88 heavy (non-hydrogen) atoms. The van der Waals surface area contributed by atoms with Crippen LogP contribution in [0.2, 0.25) is 0 Å². The molecule has 6 atom stereocenters. The summed E-state index contributed by atoms with van der Waals surface area (Å²) >= 11 is 0. The molecule has 3 N–H and O–H groups in total. The van der Waals surface area contributed by atoms with Gasteiger partial charge < -0.3 is 33.8 Å². The number of hydrogen-bond acceptors (Lipinski definition) is 15. The van der Waals surface area contributed by atoms with E-state index in [9.17, 15) is 43.2 Å². The van der Waals surface area contributed by atoms with Crippen LogP contribution in [-0.4, -0.2) is 96.7 Å². The van der Waals surface area contributed by atoms with E-state index in [4.69, 9.17) is 37.0 Å². The van der Waals surface area contributed by atoms with Gasteiger partial charge in [0.15, 0.2) is 12.2 Å². The molecule has 0 aliphatic carbocycles. The highest BCUT2D eigenvalue weighted by molar-refractivity contribution is 7.47. The van der Waals surface area contributed by atoms with E-state index in [2.05, 4.69) is 41.5 Å². The number of aliphatic hydroxyl groups is 1. The maximum absolute atomic E-state index is 13.0. The largest absolute Gasteiger partial charge is 0.472 e. The Balaban J connectivity index is 5.19. The van der Waals surface area contributed by atoms with Gasteiger partial charge in [-0.3, -0.25) is 37.3 Å². The minimum absolute atomic E-state index is 0.105. The van der Waals surface area contributed by atoms with Gasteiger partial charge in [0.2, 0.25) is 0 Å². The number of rotatable bonds is 68. The number of phosphoric ester groups is 2. The molecule has 0 spiro atoms. The van der Waals surface area contributed by atoms with Gasteiger partial charge in [0.05, 0.1) is 26.4 Å². The number of hydrogen-bond donors (Lipinski definition) is 3. The van der Waals surface area contributed by atoms with Crippen molar-refractivity contribution in [1.82, 2.24) is 0 Å². The molecule has 0 aliphatic heterocycles. The molecule has 0 aromatic rings. The fourth-order valence-corrected chi connectivity index (χ4v) is 12.0. The van der Waals surface area contributed by atoms with E-state index in [0.717, 1.165) is 115 Å². The summed E-state index contributed by atoms with van der Waals surface area (Å²) in [6.45, 7) is 9.54. The lowest BCUT2D eigenvalue weighted by Gasteiger charge is -2.21. The quantitative estimate of drug-likeness (QED) is 0.0222. The predicted molar refractivity (Wildman–Crippen MR) is 354 cm³/mol. The van der Waals surface area contributed by atoms with Crippen molar-refractivity contribution >= 4 is 39.5 Å². The maximum Gasteiger partial charge on any atom is 0.472 e. The van der Waals surface area contributed by atoms with Crippen LogP contribution in [0.4, 0.5) is 0 Å². The molecule has 0 saturated carbocycles. The third-order valence-electron chi connectivity index (χ3n) is 16.3. The van der Waals surface area contributed by atoms with Crippen LogP contribution in [0.5, 0.6) is 0 Å². The Labute approximate surface area is 537 Å². The third kappa shape index (κ3) is 61.6. The number of esters is 4. The molecule has 3 unspecified atom stereocenters. The SMILES string of the molecule is CCCCCCCCCCCC(=O)O[C@H](COC(=O)CCCCCCCCC)COP(=O)(O)OC[C@H](O)COP(=O)(O)OC[C@@H](COC(=O)CCCCCCCCCCCCCC(C)C)OC(=O)CCCCCCCCCCCCCCCCC(C)CC. The Morgan fingerprint density at radius 2 is 0.580 bits per heavy atom. The van der Waals surface area contributed by atoms with Crippen LogP contribution in [0, 0.1) is 11.8 Å². The second-order valence-electron chi connectivity index (χ2n) is 25.6. The lowest BCUT2D eigenvalue weighted by molar-refractivity contribution is -0.161.